The van der Waals surface area contributed by atoms with E-state index in [4.69, 9.17) is 23.2 Å². The van der Waals surface area contributed by atoms with Crippen molar-refractivity contribution in [1.82, 2.24) is 9.62 Å². The van der Waals surface area contributed by atoms with Crippen LogP contribution in [0.4, 0.5) is 0 Å². The third kappa shape index (κ3) is 5.54. The quantitative estimate of drug-likeness (QED) is 0.707. The Morgan fingerprint density at radius 2 is 2.09 bits per heavy atom. The smallest absolute Gasteiger partial charge is 0.311 e. The largest absolute Gasteiger partial charge is 0.481 e. The van der Waals surface area contributed by atoms with Crippen LogP contribution in [0, 0.1) is 0 Å². The van der Waals surface area contributed by atoms with Gasteiger partial charge in [-0.05, 0) is 62.8 Å². The lowest BCUT2D eigenvalue weighted by atomic mass is 9.95. The normalized spacial score (nSPS) is 18.0. The summed E-state index contributed by atoms with van der Waals surface area (Å²) in [5, 5.41) is 10.4. The number of halogens is 2. The Bertz CT molecular complexity index is 537. The topological polar surface area (TPSA) is 52.6 Å². The summed E-state index contributed by atoms with van der Waals surface area (Å²) in [5.74, 6) is -1.37. The Morgan fingerprint density at radius 1 is 1.39 bits per heavy atom. The van der Waals surface area contributed by atoms with Crippen LogP contribution in [-0.2, 0) is 4.79 Å². The van der Waals surface area contributed by atoms with Gasteiger partial charge in [0.2, 0.25) is 0 Å². The van der Waals surface area contributed by atoms with E-state index in [9.17, 15) is 9.90 Å². The minimum Gasteiger partial charge on any atom is -0.481 e. The zero-order chi connectivity index (χ0) is 16.8. The van der Waals surface area contributed by atoms with Gasteiger partial charge in [0, 0.05) is 6.04 Å². The van der Waals surface area contributed by atoms with Crippen LogP contribution in [0.15, 0.2) is 18.2 Å². The number of nitrogens with zero attached hydrogens (tertiary/aromatic N) is 1. The lowest BCUT2D eigenvalue weighted by Gasteiger charge is -2.32. The molecule has 1 aromatic carbocycles. The molecule has 0 radical (unpaired) electrons. The number of piperidine rings is 1. The summed E-state index contributed by atoms with van der Waals surface area (Å²) in [6.45, 7) is 2.79. The fraction of sp³-hybridized carbons (Fsp3) is 0.562. The van der Waals surface area contributed by atoms with Crippen LogP contribution in [0.25, 0.3) is 0 Å². The number of carbonyl (C=O) groups is 1. The first-order valence-electron chi connectivity index (χ1n) is 7.70. The molecule has 1 aliphatic heterocycles. The fourth-order valence-corrected chi connectivity index (χ4v) is 3.79. The molecule has 128 valence electrons. The van der Waals surface area contributed by atoms with Gasteiger partial charge in [0.15, 0.2) is 0 Å². The van der Waals surface area contributed by atoms with Gasteiger partial charge < -0.3 is 10.0 Å². The molecule has 0 saturated carbocycles. The zero-order valence-electron chi connectivity index (χ0n) is 13.1. The van der Waals surface area contributed by atoms with Gasteiger partial charge in [-0.1, -0.05) is 41.2 Å². The Labute approximate surface area is 151 Å². The molecule has 1 heterocycles. The highest BCUT2D eigenvalue weighted by Crippen LogP contribution is 2.28. The van der Waals surface area contributed by atoms with Crippen molar-refractivity contribution in [3.05, 3.63) is 33.8 Å². The predicted octanol–water partition coefficient (Wildman–Crippen LogP) is 3.88. The molecule has 1 unspecified atom stereocenters. The maximum Gasteiger partial charge on any atom is 0.311 e. The average Bonchev–Trinajstić information content (AvgIpc) is 2.52. The van der Waals surface area contributed by atoms with Crippen molar-refractivity contribution < 1.29 is 9.90 Å². The monoisotopic (exact) mass is 376 g/mol. The highest BCUT2D eigenvalue weighted by molar-refractivity contribution is 7.96. The van der Waals surface area contributed by atoms with Crippen molar-refractivity contribution in [2.24, 2.45) is 0 Å². The molecule has 4 nitrogen and oxygen atoms in total. The van der Waals surface area contributed by atoms with E-state index in [0.29, 0.717) is 28.1 Å². The highest BCUT2D eigenvalue weighted by Gasteiger charge is 2.24. The summed E-state index contributed by atoms with van der Waals surface area (Å²) in [5.41, 5.74) is 0.714. The number of carboxylic acid groups (broad SMARTS) is 1. The number of hydrogen-bond donors (Lipinski definition) is 2. The maximum atomic E-state index is 11.6. The molecule has 1 atom stereocenters. The van der Waals surface area contributed by atoms with Crippen molar-refractivity contribution >= 4 is 41.1 Å². The van der Waals surface area contributed by atoms with Crippen LogP contribution >= 0.6 is 35.1 Å². The second kappa shape index (κ2) is 9.14. The first-order valence-corrected chi connectivity index (χ1v) is 9.68. The first-order chi connectivity index (χ1) is 11.0. The van der Waals surface area contributed by atoms with Crippen molar-refractivity contribution in [3.8, 4) is 0 Å². The SMILES string of the molecule is CSNC1CCN(CCC(C(=O)O)c2ccc(Cl)c(Cl)c2)CC1. The van der Waals surface area contributed by atoms with E-state index in [0.717, 1.165) is 32.5 Å². The summed E-state index contributed by atoms with van der Waals surface area (Å²) in [6, 6.07) is 5.64. The standard InChI is InChI=1S/C16H22Cl2N2O2S/c1-23-19-12-4-7-20(8-5-12)9-6-13(16(21)22)11-2-3-14(17)15(18)10-11/h2-3,10,12-13,19H,4-9H2,1H3,(H,21,22). The molecule has 0 bridgehead atoms. The zero-order valence-corrected chi connectivity index (χ0v) is 15.4. The number of hydrogen-bond acceptors (Lipinski definition) is 4. The number of likely N-dealkylation sites (tertiary alicyclic amines) is 1. The van der Waals surface area contributed by atoms with Gasteiger partial charge in [-0.2, -0.15) is 0 Å². The summed E-state index contributed by atoms with van der Waals surface area (Å²) in [7, 11) is 0. The van der Waals surface area contributed by atoms with Gasteiger partial charge in [0.25, 0.3) is 0 Å². The minimum atomic E-state index is -0.817. The molecule has 2 rings (SSSR count). The van der Waals surface area contributed by atoms with E-state index < -0.39 is 11.9 Å². The molecule has 1 aromatic rings. The van der Waals surface area contributed by atoms with E-state index >= 15 is 0 Å². The molecular weight excluding hydrogens is 355 g/mol. The third-order valence-electron chi connectivity index (χ3n) is 4.25. The Kier molecular flexibility index (Phi) is 7.50. The number of rotatable bonds is 7. The summed E-state index contributed by atoms with van der Waals surface area (Å²) < 4.78 is 3.39. The molecule has 7 heteroatoms. The average molecular weight is 377 g/mol. The number of aliphatic carboxylic acids is 1. The van der Waals surface area contributed by atoms with Crippen molar-refractivity contribution in [1.29, 1.82) is 0 Å². The minimum absolute atomic E-state index is 0.402. The van der Waals surface area contributed by atoms with Gasteiger partial charge in [-0.25, -0.2) is 0 Å². The fourth-order valence-electron chi connectivity index (χ4n) is 2.91. The van der Waals surface area contributed by atoms with E-state index in [1.807, 2.05) is 6.26 Å². The molecule has 0 spiro atoms. The van der Waals surface area contributed by atoms with Gasteiger partial charge in [0.1, 0.15) is 0 Å². The van der Waals surface area contributed by atoms with Crippen LogP contribution in [0.2, 0.25) is 10.0 Å². The van der Waals surface area contributed by atoms with Crippen LogP contribution in [0.1, 0.15) is 30.7 Å². The summed E-state index contributed by atoms with van der Waals surface area (Å²) >= 11 is 13.6. The Balaban J connectivity index is 1.91. The molecule has 2 N–H and O–H groups in total. The van der Waals surface area contributed by atoms with E-state index in [1.54, 1.807) is 30.1 Å². The van der Waals surface area contributed by atoms with Crippen LogP contribution in [-0.4, -0.2) is 47.9 Å². The molecular formula is C16H22Cl2N2O2S. The lowest BCUT2D eigenvalue weighted by molar-refractivity contribution is -0.139. The highest BCUT2D eigenvalue weighted by atomic mass is 35.5. The number of nitrogens with one attached hydrogen (secondary N) is 1. The van der Waals surface area contributed by atoms with E-state index in [2.05, 4.69) is 9.62 Å². The van der Waals surface area contributed by atoms with Crippen molar-refractivity contribution in [2.75, 3.05) is 25.9 Å². The van der Waals surface area contributed by atoms with Crippen molar-refractivity contribution in [3.63, 3.8) is 0 Å². The van der Waals surface area contributed by atoms with Gasteiger partial charge in [-0.3, -0.25) is 9.52 Å². The molecule has 0 aromatic heterocycles. The van der Waals surface area contributed by atoms with Gasteiger partial charge in [0.05, 0.1) is 16.0 Å². The third-order valence-corrected chi connectivity index (χ3v) is 5.56. The molecule has 23 heavy (non-hydrogen) atoms. The lowest BCUT2D eigenvalue weighted by Crippen LogP contribution is -2.41. The van der Waals surface area contributed by atoms with Gasteiger partial charge in [-0.15, -0.1) is 0 Å². The Morgan fingerprint density at radius 3 is 2.65 bits per heavy atom. The predicted molar refractivity (Wildman–Crippen MR) is 97.6 cm³/mol. The van der Waals surface area contributed by atoms with Crippen LogP contribution in [0.3, 0.4) is 0 Å². The second-order valence-corrected chi connectivity index (χ2v) is 7.25. The molecule has 1 fully saturated rings. The van der Waals surface area contributed by atoms with Gasteiger partial charge >= 0.3 is 5.97 Å². The Hall–Kier alpha value is -0.460. The maximum absolute atomic E-state index is 11.6. The molecule has 0 aliphatic carbocycles. The van der Waals surface area contributed by atoms with Crippen LogP contribution in [0.5, 0.6) is 0 Å². The molecule has 1 aliphatic rings. The molecule has 1 saturated heterocycles. The van der Waals surface area contributed by atoms with Crippen molar-refractivity contribution in [2.45, 2.75) is 31.2 Å². The number of benzene rings is 1. The second-order valence-electron chi connectivity index (χ2n) is 5.79. The number of carboxylic acids is 1. The van der Waals surface area contributed by atoms with E-state index in [1.165, 1.54) is 0 Å². The van der Waals surface area contributed by atoms with E-state index in [-0.39, 0.29) is 0 Å². The summed E-state index contributed by atoms with van der Waals surface area (Å²) in [4.78, 5) is 13.9. The molecule has 0 amide bonds. The van der Waals surface area contributed by atoms with Crippen LogP contribution < -0.4 is 4.72 Å². The first kappa shape index (κ1) is 18.9. The summed E-state index contributed by atoms with van der Waals surface area (Å²) in [6.07, 6.45) is 4.83.